The van der Waals surface area contributed by atoms with Gasteiger partial charge in [0.1, 0.15) is 24.1 Å². The van der Waals surface area contributed by atoms with Crippen LogP contribution in [-0.4, -0.2) is 57.5 Å². The first-order valence-corrected chi connectivity index (χ1v) is 18.3. The number of para-hydroxylation sites is 1. The molecule has 10 heteroatoms. The van der Waals surface area contributed by atoms with E-state index in [1.165, 1.54) is 17.0 Å². The van der Waals surface area contributed by atoms with Crippen molar-refractivity contribution in [1.82, 2.24) is 10.2 Å². The third kappa shape index (κ3) is 9.41. The van der Waals surface area contributed by atoms with Crippen LogP contribution in [0.25, 0.3) is 0 Å². The van der Waals surface area contributed by atoms with Gasteiger partial charge in [0.2, 0.25) is 11.8 Å². The first-order chi connectivity index (χ1) is 23.8. The molecule has 4 aromatic rings. The van der Waals surface area contributed by atoms with Crippen molar-refractivity contribution in [2.45, 2.75) is 69.0 Å². The highest BCUT2D eigenvalue weighted by Crippen LogP contribution is 2.27. The number of methoxy groups -OCH3 is 1. The first kappa shape index (κ1) is 35.5. The van der Waals surface area contributed by atoms with Crippen LogP contribution in [-0.2, 0) is 32.6 Å². The van der Waals surface area contributed by atoms with Crippen molar-refractivity contribution in [2.75, 3.05) is 24.6 Å². The van der Waals surface area contributed by atoms with Gasteiger partial charge in [-0.05, 0) is 79.4 Å². The van der Waals surface area contributed by atoms with E-state index in [4.69, 9.17) is 9.47 Å². The van der Waals surface area contributed by atoms with Gasteiger partial charge >= 0.3 is 0 Å². The number of hydrogen-bond acceptors (Lipinski definition) is 6. The summed E-state index contributed by atoms with van der Waals surface area (Å²) in [4.78, 5) is 30.5. The number of nitrogens with one attached hydrogen (secondary N) is 1. The van der Waals surface area contributed by atoms with Gasteiger partial charge in [-0.15, -0.1) is 0 Å². The lowest BCUT2D eigenvalue weighted by molar-refractivity contribution is -0.140. The Morgan fingerprint density at radius 3 is 2.12 bits per heavy atom. The van der Waals surface area contributed by atoms with Crippen LogP contribution in [0.3, 0.4) is 0 Å². The number of carbonyl (C=O) groups excluding carboxylic acids is 2. The molecule has 0 saturated heterocycles. The Kier molecular flexibility index (Phi) is 12.3. The van der Waals surface area contributed by atoms with Crippen molar-refractivity contribution in [3.63, 3.8) is 0 Å². The molecule has 0 aliphatic heterocycles. The van der Waals surface area contributed by atoms with Gasteiger partial charge in [0.25, 0.3) is 10.0 Å². The molecule has 1 N–H and O–H groups in total. The van der Waals surface area contributed by atoms with Crippen molar-refractivity contribution in [1.29, 1.82) is 0 Å². The summed E-state index contributed by atoms with van der Waals surface area (Å²) >= 11 is 0. The Morgan fingerprint density at radius 2 is 1.47 bits per heavy atom. The van der Waals surface area contributed by atoms with Crippen LogP contribution in [0.2, 0.25) is 0 Å². The van der Waals surface area contributed by atoms with Crippen molar-refractivity contribution >= 4 is 27.5 Å². The number of benzene rings is 4. The van der Waals surface area contributed by atoms with Gasteiger partial charge in [-0.3, -0.25) is 13.9 Å². The summed E-state index contributed by atoms with van der Waals surface area (Å²) in [6.45, 7) is 1.84. The average molecular weight is 684 g/mol. The molecule has 4 aromatic carbocycles. The zero-order chi connectivity index (χ0) is 34.6. The minimum absolute atomic E-state index is 0.0165. The third-order valence-electron chi connectivity index (χ3n) is 8.76. The van der Waals surface area contributed by atoms with E-state index in [0.717, 1.165) is 47.5 Å². The summed E-state index contributed by atoms with van der Waals surface area (Å²) in [5, 5.41) is 3.24. The molecule has 1 fully saturated rings. The Bertz CT molecular complexity index is 1760. The second-order valence-electron chi connectivity index (χ2n) is 12.2. The third-order valence-corrected chi connectivity index (χ3v) is 10.5. The van der Waals surface area contributed by atoms with E-state index in [1.54, 1.807) is 49.6 Å². The highest BCUT2D eigenvalue weighted by Gasteiger charge is 2.35. The van der Waals surface area contributed by atoms with Gasteiger partial charge in [-0.1, -0.05) is 79.9 Å². The number of ether oxygens (including phenoxy) is 2. The second kappa shape index (κ2) is 17.0. The van der Waals surface area contributed by atoms with E-state index in [1.807, 2.05) is 61.5 Å². The zero-order valence-electron chi connectivity index (χ0n) is 28.2. The van der Waals surface area contributed by atoms with E-state index in [-0.39, 0.29) is 29.8 Å². The maximum atomic E-state index is 14.7. The molecule has 1 saturated carbocycles. The topological polar surface area (TPSA) is 105 Å². The molecule has 0 spiro atoms. The van der Waals surface area contributed by atoms with Gasteiger partial charge in [0.05, 0.1) is 24.3 Å². The summed E-state index contributed by atoms with van der Waals surface area (Å²) in [5.41, 5.74) is 1.96. The number of rotatable bonds is 15. The molecular weight excluding hydrogens is 639 g/mol. The normalized spacial score (nSPS) is 14.0. The average Bonchev–Trinajstić information content (AvgIpc) is 3.13. The van der Waals surface area contributed by atoms with Crippen LogP contribution in [0.1, 0.15) is 50.2 Å². The molecular formula is C39H45N3O6S. The molecule has 0 heterocycles. The number of anilines is 1. The number of nitrogens with zero attached hydrogens (tertiary/aromatic N) is 2. The maximum Gasteiger partial charge on any atom is 0.264 e. The quantitative estimate of drug-likeness (QED) is 0.156. The predicted molar refractivity (Wildman–Crippen MR) is 191 cm³/mol. The first-order valence-electron chi connectivity index (χ1n) is 16.9. The molecule has 0 radical (unpaired) electrons. The molecule has 0 aromatic heterocycles. The summed E-state index contributed by atoms with van der Waals surface area (Å²) < 4.78 is 40.7. The van der Waals surface area contributed by atoms with Crippen LogP contribution < -0.4 is 19.1 Å². The highest BCUT2D eigenvalue weighted by atomic mass is 32.2. The fraction of sp³-hybridized carbons (Fsp3) is 0.333. The molecule has 2 amide bonds. The lowest BCUT2D eigenvalue weighted by Crippen LogP contribution is -2.55. The van der Waals surface area contributed by atoms with Crippen LogP contribution in [0.5, 0.6) is 11.5 Å². The smallest absolute Gasteiger partial charge is 0.264 e. The summed E-state index contributed by atoms with van der Waals surface area (Å²) in [6.07, 6.45) is 5.24. The Labute approximate surface area is 289 Å². The molecule has 258 valence electrons. The lowest BCUT2D eigenvalue weighted by Gasteiger charge is -2.35. The SMILES string of the molecule is CCOc1ccc(S(=O)(=O)N(CC(=O)N(Cc2cccc(OC)c2)[C@H](Cc2ccccc2)C(=O)NC2CCCCC2)c2ccccc2)cc1. The van der Waals surface area contributed by atoms with Crippen molar-refractivity contribution in [3.8, 4) is 11.5 Å². The minimum Gasteiger partial charge on any atom is -0.497 e. The maximum absolute atomic E-state index is 14.7. The van der Waals surface area contributed by atoms with Crippen molar-refractivity contribution in [2.24, 2.45) is 0 Å². The van der Waals surface area contributed by atoms with Crippen LogP contribution >= 0.6 is 0 Å². The second-order valence-corrected chi connectivity index (χ2v) is 14.0. The van der Waals surface area contributed by atoms with E-state index >= 15 is 0 Å². The number of amides is 2. The Hall–Kier alpha value is -4.83. The molecule has 0 unspecified atom stereocenters. The number of hydrogen-bond donors (Lipinski definition) is 1. The molecule has 1 aliphatic rings. The number of carbonyl (C=O) groups is 2. The fourth-order valence-electron chi connectivity index (χ4n) is 6.19. The van der Waals surface area contributed by atoms with Crippen LogP contribution in [0, 0.1) is 0 Å². The Morgan fingerprint density at radius 1 is 0.816 bits per heavy atom. The Balaban J connectivity index is 1.55. The molecule has 49 heavy (non-hydrogen) atoms. The fourth-order valence-corrected chi connectivity index (χ4v) is 7.60. The minimum atomic E-state index is -4.22. The van der Waals surface area contributed by atoms with Crippen LogP contribution in [0.4, 0.5) is 5.69 Å². The van der Waals surface area contributed by atoms with Crippen molar-refractivity contribution in [3.05, 3.63) is 120 Å². The molecule has 1 aliphatic carbocycles. The van der Waals surface area contributed by atoms with Gasteiger partial charge < -0.3 is 19.7 Å². The van der Waals surface area contributed by atoms with Gasteiger partial charge in [-0.2, -0.15) is 0 Å². The van der Waals surface area contributed by atoms with Gasteiger partial charge in [0.15, 0.2) is 0 Å². The number of sulfonamides is 1. The van der Waals surface area contributed by atoms with E-state index in [9.17, 15) is 18.0 Å². The molecule has 5 rings (SSSR count). The summed E-state index contributed by atoms with van der Waals surface area (Å²) in [5.74, 6) is 0.384. The summed E-state index contributed by atoms with van der Waals surface area (Å²) in [7, 11) is -2.64. The molecule has 9 nitrogen and oxygen atoms in total. The molecule has 0 bridgehead atoms. The zero-order valence-corrected chi connectivity index (χ0v) is 29.0. The predicted octanol–water partition coefficient (Wildman–Crippen LogP) is 6.38. The van der Waals surface area contributed by atoms with E-state index < -0.39 is 28.5 Å². The summed E-state index contributed by atoms with van der Waals surface area (Å²) in [6, 6.07) is 30.7. The monoisotopic (exact) mass is 683 g/mol. The van der Waals surface area contributed by atoms with Gasteiger partial charge in [0, 0.05) is 19.0 Å². The van der Waals surface area contributed by atoms with Gasteiger partial charge in [-0.25, -0.2) is 8.42 Å². The standard InChI is InChI=1S/C39H45N3O6S/c1-3-48-34-22-24-36(25-23-34)49(45,46)42(33-19-11-6-12-20-33)29-38(43)41(28-31-16-13-21-35(26-31)47-2)37(27-30-14-7-4-8-15-30)39(44)40-32-17-9-5-10-18-32/h4,6-8,11-16,19-26,32,37H,3,5,9-10,17-18,27-29H2,1-2H3,(H,40,44)/t37-/m1/s1. The van der Waals surface area contributed by atoms with E-state index in [2.05, 4.69) is 5.32 Å². The molecule has 1 atom stereocenters. The van der Waals surface area contributed by atoms with Crippen LogP contribution in [0.15, 0.2) is 114 Å². The van der Waals surface area contributed by atoms with E-state index in [0.29, 0.717) is 23.8 Å². The van der Waals surface area contributed by atoms with Crippen molar-refractivity contribution < 1.29 is 27.5 Å². The lowest BCUT2D eigenvalue weighted by atomic mass is 9.94. The highest BCUT2D eigenvalue weighted by molar-refractivity contribution is 7.92. The largest absolute Gasteiger partial charge is 0.497 e.